The van der Waals surface area contributed by atoms with Crippen molar-refractivity contribution in [3.8, 4) is 0 Å². The van der Waals surface area contributed by atoms with E-state index in [9.17, 15) is 0 Å². The van der Waals surface area contributed by atoms with Crippen molar-refractivity contribution in [3.63, 3.8) is 0 Å². The van der Waals surface area contributed by atoms with E-state index in [-0.39, 0.29) is 0 Å². The molecule has 118 valence electrons. The van der Waals surface area contributed by atoms with Gasteiger partial charge in [0.05, 0.1) is 17.8 Å². The molecule has 2 aromatic rings. The number of benzene rings is 1. The number of hydrogen-bond donors (Lipinski definition) is 0. The molecule has 0 aliphatic carbocycles. The molecule has 4 rings (SSSR count). The second-order valence-corrected chi connectivity index (χ2v) is 7.32. The van der Waals surface area contributed by atoms with E-state index < -0.39 is 0 Å². The Bertz CT molecular complexity index is 642. The summed E-state index contributed by atoms with van der Waals surface area (Å²) in [4.78, 5) is 2.67. The summed E-state index contributed by atoms with van der Waals surface area (Å²) in [6.07, 6.45) is 6.78. The van der Waals surface area contributed by atoms with Crippen LogP contribution in [-0.2, 0) is 4.74 Å². The zero-order valence-electron chi connectivity index (χ0n) is 12.7. The summed E-state index contributed by atoms with van der Waals surface area (Å²) in [6, 6.07) is 7.71. The number of aromatic nitrogens is 2. The number of likely N-dealkylation sites (tertiary alicyclic amines) is 1. The Hall–Kier alpha value is -0.910. The molecule has 4 nitrogen and oxygen atoms in total. The average molecular weight is 364 g/mol. The standard InChI is InChI=1S/C17H22BrN3O/c18-14-1-2-17-13(11-14)12-19-21(17)16-3-7-20(8-4-16)15-5-9-22-10-6-15/h1-2,11-12,15-16H,3-10H2. The summed E-state index contributed by atoms with van der Waals surface area (Å²) in [6.45, 7) is 4.24. The zero-order valence-corrected chi connectivity index (χ0v) is 14.3. The number of piperidine rings is 1. The van der Waals surface area contributed by atoms with E-state index in [0.29, 0.717) is 6.04 Å². The molecular formula is C17H22BrN3O. The summed E-state index contributed by atoms with van der Waals surface area (Å²) in [5, 5.41) is 5.88. The SMILES string of the molecule is Brc1ccc2c(cnn2C2CCN(C3CCOCC3)CC2)c1. The Kier molecular flexibility index (Phi) is 4.20. The molecule has 2 aliphatic heterocycles. The molecule has 0 unspecified atom stereocenters. The topological polar surface area (TPSA) is 30.3 Å². The molecule has 0 saturated carbocycles. The van der Waals surface area contributed by atoms with Crippen LogP contribution in [0.3, 0.4) is 0 Å². The summed E-state index contributed by atoms with van der Waals surface area (Å²) in [5.74, 6) is 0. The largest absolute Gasteiger partial charge is 0.381 e. The van der Waals surface area contributed by atoms with Gasteiger partial charge in [0.25, 0.3) is 0 Å². The number of halogens is 1. The van der Waals surface area contributed by atoms with Gasteiger partial charge in [-0.3, -0.25) is 4.68 Å². The van der Waals surface area contributed by atoms with Crippen molar-refractivity contribution in [1.82, 2.24) is 14.7 Å². The smallest absolute Gasteiger partial charge is 0.0686 e. The van der Waals surface area contributed by atoms with Gasteiger partial charge < -0.3 is 9.64 Å². The second-order valence-electron chi connectivity index (χ2n) is 6.40. The molecule has 5 heteroatoms. The highest BCUT2D eigenvalue weighted by Crippen LogP contribution is 2.29. The van der Waals surface area contributed by atoms with Crippen molar-refractivity contribution in [2.45, 2.75) is 37.8 Å². The molecule has 1 aromatic heterocycles. The van der Waals surface area contributed by atoms with Gasteiger partial charge in [0.15, 0.2) is 0 Å². The predicted octanol–water partition coefficient (Wildman–Crippen LogP) is 3.61. The van der Waals surface area contributed by atoms with Crippen molar-refractivity contribution in [3.05, 3.63) is 28.9 Å². The Morgan fingerprint density at radius 1 is 1.05 bits per heavy atom. The van der Waals surface area contributed by atoms with Crippen molar-refractivity contribution >= 4 is 26.8 Å². The van der Waals surface area contributed by atoms with Crippen molar-refractivity contribution in [2.75, 3.05) is 26.3 Å². The third-order valence-corrected chi connectivity index (χ3v) is 5.60. The highest BCUT2D eigenvalue weighted by atomic mass is 79.9. The minimum absolute atomic E-state index is 0.537. The molecule has 1 aromatic carbocycles. The quantitative estimate of drug-likeness (QED) is 0.816. The van der Waals surface area contributed by atoms with Crippen LogP contribution in [0.5, 0.6) is 0 Å². The minimum Gasteiger partial charge on any atom is -0.381 e. The van der Waals surface area contributed by atoms with Crippen LogP contribution in [0.1, 0.15) is 31.7 Å². The van der Waals surface area contributed by atoms with Gasteiger partial charge in [0.2, 0.25) is 0 Å². The Labute approximate surface area is 139 Å². The van der Waals surface area contributed by atoms with Gasteiger partial charge in [0.1, 0.15) is 0 Å². The van der Waals surface area contributed by atoms with Crippen LogP contribution < -0.4 is 0 Å². The molecule has 0 spiro atoms. The van der Waals surface area contributed by atoms with Crippen molar-refractivity contribution in [2.24, 2.45) is 0 Å². The van der Waals surface area contributed by atoms with Gasteiger partial charge >= 0.3 is 0 Å². The number of ether oxygens (including phenoxy) is 1. The first-order valence-electron chi connectivity index (χ1n) is 8.26. The Morgan fingerprint density at radius 2 is 1.82 bits per heavy atom. The van der Waals surface area contributed by atoms with Crippen LogP contribution in [0.4, 0.5) is 0 Å². The van der Waals surface area contributed by atoms with Gasteiger partial charge in [-0.15, -0.1) is 0 Å². The molecule has 2 aliphatic rings. The zero-order chi connectivity index (χ0) is 14.9. The fraction of sp³-hybridized carbons (Fsp3) is 0.588. The van der Waals surface area contributed by atoms with Gasteiger partial charge in [0, 0.05) is 42.2 Å². The number of fused-ring (bicyclic) bond motifs is 1. The van der Waals surface area contributed by atoms with Crippen LogP contribution in [-0.4, -0.2) is 47.0 Å². The Balaban J connectivity index is 1.46. The molecule has 0 bridgehead atoms. The molecule has 0 atom stereocenters. The monoisotopic (exact) mass is 363 g/mol. The molecule has 3 heterocycles. The highest BCUT2D eigenvalue weighted by molar-refractivity contribution is 9.10. The maximum Gasteiger partial charge on any atom is 0.0686 e. The van der Waals surface area contributed by atoms with Crippen molar-refractivity contribution < 1.29 is 4.74 Å². The van der Waals surface area contributed by atoms with Crippen LogP contribution in [0.25, 0.3) is 10.9 Å². The van der Waals surface area contributed by atoms with E-state index >= 15 is 0 Å². The number of nitrogens with zero attached hydrogens (tertiary/aromatic N) is 3. The van der Waals surface area contributed by atoms with Crippen LogP contribution in [0.15, 0.2) is 28.9 Å². The average Bonchev–Trinajstić information content (AvgIpc) is 2.99. The minimum atomic E-state index is 0.537. The molecule has 22 heavy (non-hydrogen) atoms. The molecule has 2 fully saturated rings. The second kappa shape index (κ2) is 6.30. The molecule has 0 amide bonds. The van der Waals surface area contributed by atoms with Gasteiger partial charge in [-0.05, 0) is 43.9 Å². The van der Waals surface area contributed by atoms with Crippen LogP contribution in [0.2, 0.25) is 0 Å². The first-order valence-corrected chi connectivity index (χ1v) is 9.05. The van der Waals surface area contributed by atoms with Crippen LogP contribution >= 0.6 is 15.9 Å². The van der Waals surface area contributed by atoms with Gasteiger partial charge in [-0.2, -0.15) is 5.10 Å². The lowest BCUT2D eigenvalue weighted by Gasteiger charge is -2.39. The Morgan fingerprint density at radius 3 is 2.59 bits per heavy atom. The third kappa shape index (κ3) is 2.82. The summed E-state index contributed by atoms with van der Waals surface area (Å²) < 4.78 is 8.84. The fourth-order valence-electron chi connectivity index (χ4n) is 3.86. The molecular weight excluding hydrogens is 342 g/mol. The van der Waals surface area contributed by atoms with E-state index in [0.717, 1.165) is 23.7 Å². The maximum absolute atomic E-state index is 5.48. The van der Waals surface area contributed by atoms with E-state index in [1.54, 1.807) is 0 Å². The predicted molar refractivity (Wildman–Crippen MR) is 91.1 cm³/mol. The van der Waals surface area contributed by atoms with E-state index in [2.05, 4.69) is 48.8 Å². The summed E-state index contributed by atoms with van der Waals surface area (Å²) in [7, 11) is 0. The number of hydrogen-bond acceptors (Lipinski definition) is 3. The first kappa shape index (κ1) is 14.7. The third-order valence-electron chi connectivity index (χ3n) is 5.11. The van der Waals surface area contributed by atoms with Crippen molar-refractivity contribution in [1.29, 1.82) is 0 Å². The maximum atomic E-state index is 5.48. The lowest BCUT2D eigenvalue weighted by molar-refractivity contribution is 0.0215. The van der Waals surface area contributed by atoms with E-state index in [1.807, 2.05) is 6.20 Å². The van der Waals surface area contributed by atoms with Crippen LogP contribution in [0, 0.1) is 0 Å². The lowest BCUT2D eigenvalue weighted by Crippen LogP contribution is -2.44. The van der Waals surface area contributed by atoms with E-state index in [1.165, 1.54) is 49.7 Å². The summed E-state index contributed by atoms with van der Waals surface area (Å²) in [5.41, 5.74) is 1.26. The molecule has 0 radical (unpaired) electrons. The number of rotatable bonds is 2. The molecule has 2 saturated heterocycles. The van der Waals surface area contributed by atoms with Gasteiger partial charge in [-0.1, -0.05) is 15.9 Å². The van der Waals surface area contributed by atoms with Gasteiger partial charge in [-0.25, -0.2) is 0 Å². The highest BCUT2D eigenvalue weighted by Gasteiger charge is 2.27. The van der Waals surface area contributed by atoms with E-state index in [4.69, 9.17) is 4.74 Å². The summed E-state index contributed by atoms with van der Waals surface area (Å²) >= 11 is 3.54. The normalized spacial score (nSPS) is 22.4. The lowest BCUT2D eigenvalue weighted by atomic mass is 9.99. The molecule has 0 N–H and O–H groups in total. The fourth-order valence-corrected chi connectivity index (χ4v) is 4.24. The first-order chi connectivity index (χ1) is 10.8.